The van der Waals surface area contributed by atoms with Gasteiger partial charge in [-0.1, -0.05) is 37.0 Å². The topological polar surface area (TPSA) is 58.6 Å². The fraction of sp³-hybridized carbons (Fsp3) is 0.588. The second-order valence-electron chi connectivity index (χ2n) is 6.55. The first-order valence-corrected chi connectivity index (χ1v) is 9.79. The van der Waals surface area contributed by atoms with Gasteiger partial charge in [0.15, 0.2) is 0 Å². The first-order chi connectivity index (χ1) is 11.2. The minimum absolute atomic E-state index is 0.00776. The summed E-state index contributed by atoms with van der Waals surface area (Å²) in [6.45, 7) is 6.58. The number of hydrogen-bond donors (Lipinski definition) is 2. The molecule has 1 saturated carbocycles. The van der Waals surface area contributed by atoms with Crippen molar-refractivity contribution in [2.24, 2.45) is 5.41 Å². The number of aliphatic hydroxyl groups is 1. The van der Waals surface area contributed by atoms with Crippen LogP contribution in [0.2, 0.25) is 10.0 Å². The van der Waals surface area contributed by atoms with E-state index in [1.165, 1.54) is 11.8 Å². The van der Waals surface area contributed by atoms with Crippen LogP contribution in [0.4, 0.5) is 0 Å². The first-order valence-electron chi connectivity index (χ1n) is 7.81. The van der Waals surface area contributed by atoms with Crippen LogP contribution >= 0.6 is 35.0 Å². The van der Waals surface area contributed by atoms with Crippen molar-refractivity contribution in [1.82, 2.24) is 5.32 Å². The predicted octanol–water partition coefficient (Wildman–Crippen LogP) is 4.01. The molecule has 7 heteroatoms. The van der Waals surface area contributed by atoms with Gasteiger partial charge in [0.2, 0.25) is 0 Å². The molecule has 0 spiro atoms. The lowest BCUT2D eigenvalue weighted by Gasteiger charge is -2.57. The normalized spacial score (nSPS) is 25.2. The van der Waals surface area contributed by atoms with Crippen molar-refractivity contribution in [3.05, 3.63) is 27.7 Å². The van der Waals surface area contributed by atoms with Crippen molar-refractivity contribution in [2.45, 2.75) is 43.8 Å². The summed E-state index contributed by atoms with van der Waals surface area (Å²) in [6, 6.07) is 3.24. The summed E-state index contributed by atoms with van der Waals surface area (Å²) in [5, 5.41) is 14.4. The Morgan fingerprint density at radius 3 is 2.62 bits per heavy atom. The predicted molar refractivity (Wildman–Crippen MR) is 99.3 cm³/mol. The molecule has 24 heavy (non-hydrogen) atoms. The maximum Gasteiger partial charge on any atom is 0.252 e. The van der Waals surface area contributed by atoms with E-state index in [0.29, 0.717) is 28.6 Å². The van der Waals surface area contributed by atoms with Crippen LogP contribution in [-0.4, -0.2) is 42.1 Å². The van der Waals surface area contributed by atoms with Gasteiger partial charge in [-0.25, -0.2) is 0 Å². The third-order valence-electron chi connectivity index (χ3n) is 4.92. The van der Waals surface area contributed by atoms with Gasteiger partial charge in [-0.05, 0) is 25.3 Å². The molecule has 1 aliphatic rings. The highest BCUT2D eigenvalue weighted by Crippen LogP contribution is 2.51. The highest BCUT2D eigenvalue weighted by Gasteiger charge is 2.59. The molecule has 0 bridgehead atoms. The number of carbonyl (C=O) groups is 1. The summed E-state index contributed by atoms with van der Waals surface area (Å²) in [4.78, 5) is 13.2. The molecular weight excluding hydrogens is 369 g/mol. The molecule has 4 nitrogen and oxygen atoms in total. The van der Waals surface area contributed by atoms with Crippen molar-refractivity contribution < 1.29 is 14.6 Å². The molecule has 1 aromatic carbocycles. The number of hydrogen-bond acceptors (Lipinski definition) is 4. The lowest BCUT2D eigenvalue weighted by molar-refractivity contribution is -0.237. The van der Waals surface area contributed by atoms with E-state index in [1.807, 2.05) is 27.0 Å². The molecule has 1 aromatic rings. The van der Waals surface area contributed by atoms with Gasteiger partial charge in [0, 0.05) is 29.9 Å². The fourth-order valence-electron chi connectivity index (χ4n) is 2.94. The van der Waals surface area contributed by atoms with Crippen LogP contribution < -0.4 is 5.32 Å². The molecule has 134 valence electrons. The molecule has 0 radical (unpaired) electrons. The van der Waals surface area contributed by atoms with E-state index in [0.717, 1.165) is 4.90 Å². The Balaban J connectivity index is 2.07. The third-order valence-corrected chi connectivity index (χ3v) is 6.44. The molecule has 2 N–H and O–H groups in total. The number of nitrogens with one attached hydrogen (secondary N) is 1. The van der Waals surface area contributed by atoms with Crippen LogP contribution in [-0.2, 0) is 4.74 Å². The summed E-state index contributed by atoms with van der Waals surface area (Å²) in [6.07, 6.45) is 2.37. The van der Waals surface area contributed by atoms with E-state index in [2.05, 4.69) is 5.32 Å². The van der Waals surface area contributed by atoms with Gasteiger partial charge in [-0.15, -0.1) is 11.8 Å². The second kappa shape index (κ2) is 7.42. The molecule has 2 rings (SSSR count). The number of ether oxygens (including phenoxy) is 1. The summed E-state index contributed by atoms with van der Waals surface area (Å²) < 4.78 is 5.63. The number of rotatable bonds is 6. The number of amides is 1. The Bertz CT molecular complexity index is 639. The van der Waals surface area contributed by atoms with Gasteiger partial charge in [0.05, 0.1) is 27.3 Å². The van der Waals surface area contributed by atoms with Crippen LogP contribution in [0, 0.1) is 5.41 Å². The fourth-order valence-corrected chi connectivity index (χ4v) is 4.13. The van der Waals surface area contributed by atoms with Gasteiger partial charge in [0.25, 0.3) is 5.91 Å². The van der Waals surface area contributed by atoms with Gasteiger partial charge >= 0.3 is 0 Å². The van der Waals surface area contributed by atoms with E-state index in [9.17, 15) is 9.90 Å². The summed E-state index contributed by atoms with van der Waals surface area (Å²) in [7, 11) is 0. The molecule has 0 aliphatic heterocycles. The maximum absolute atomic E-state index is 12.5. The summed E-state index contributed by atoms with van der Waals surface area (Å²) in [5.41, 5.74) is -1.07. The molecule has 0 saturated heterocycles. The van der Waals surface area contributed by atoms with Crippen LogP contribution in [0.25, 0.3) is 0 Å². The monoisotopic (exact) mass is 391 g/mol. The number of carbonyl (C=O) groups excluding carboxylic acids is 1. The van der Waals surface area contributed by atoms with Crippen molar-refractivity contribution in [2.75, 3.05) is 19.4 Å². The third kappa shape index (κ3) is 3.56. The van der Waals surface area contributed by atoms with E-state index in [4.69, 9.17) is 27.9 Å². The zero-order valence-electron chi connectivity index (χ0n) is 14.3. The Hall–Kier alpha value is -0.460. The number of halogens is 2. The second-order valence-corrected chi connectivity index (χ2v) is 8.21. The van der Waals surface area contributed by atoms with Crippen molar-refractivity contribution in [3.8, 4) is 0 Å². The zero-order chi connectivity index (χ0) is 18.1. The minimum Gasteiger partial charge on any atom is -0.387 e. The van der Waals surface area contributed by atoms with Gasteiger partial charge in [-0.3, -0.25) is 4.79 Å². The van der Waals surface area contributed by atoms with Crippen LogP contribution in [0.1, 0.15) is 37.6 Å². The first kappa shape index (κ1) is 19.9. The lowest BCUT2D eigenvalue weighted by atomic mass is 9.56. The van der Waals surface area contributed by atoms with Crippen molar-refractivity contribution in [1.29, 1.82) is 0 Å². The summed E-state index contributed by atoms with van der Waals surface area (Å²) >= 11 is 13.7. The number of thioether (sulfide) groups is 1. The standard InChI is InChI=1S/C17H23Cl2NO3S/c1-5-23-14-8-17(22,16(14,2)3)9-20-15(21)10-6-13(24-4)12(19)7-11(10)18/h6-7,14,22H,5,8-9H2,1-4H3,(H,20,21). The lowest BCUT2D eigenvalue weighted by Crippen LogP contribution is -2.68. The Morgan fingerprint density at radius 2 is 2.08 bits per heavy atom. The van der Waals surface area contributed by atoms with Crippen molar-refractivity contribution in [3.63, 3.8) is 0 Å². The van der Waals surface area contributed by atoms with Crippen LogP contribution in [0.3, 0.4) is 0 Å². The van der Waals surface area contributed by atoms with Gasteiger partial charge in [0.1, 0.15) is 0 Å². The molecule has 0 heterocycles. The van der Waals surface area contributed by atoms with Crippen LogP contribution in [0.5, 0.6) is 0 Å². The quantitative estimate of drug-likeness (QED) is 0.719. The van der Waals surface area contributed by atoms with Crippen LogP contribution in [0.15, 0.2) is 17.0 Å². The average molecular weight is 392 g/mol. The van der Waals surface area contributed by atoms with Gasteiger partial charge in [-0.2, -0.15) is 0 Å². The Morgan fingerprint density at radius 1 is 1.42 bits per heavy atom. The molecule has 0 aromatic heterocycles. The highest BCUT2D eigenvalue weighted by molar-refractivity contribution is 7.98. The van der Waals surface area contributed by atoms with Gasteiger partial charge < -0.3 is 15.2 Å². The maximum atomic E-state index is 12.5. The molecule has 1 aliphatic carbocycles. The number of benzene rings is 1. The molecule has 1 amide bonds. The van der Waals surface area contributed by atoms with E-state index >= 15 is 0 Å². The summed E-state index contributed by atoms with van der Waals surface area (Å²) in [5.74, 6) is -0.323. The Kier molecular flexibility index (Phi) is 6.14. The minimum atomic E-state index is -0.996. The molecule has 2 atom stereocenters. The SMILES string of the molecule is CCOC1CC(O)(CNC(=O)c2cc(SC)c(Cl)cc2Cl)C1(C)C. The Labute approximate surface area is 157 Å². The molecule has 1 fully saturated rings. The largest absolute Gasteiger partial charge is 0.387 e. The van der Waals surface area contributed by atoms with E-state index in [-0.39, 0.29) is 18.6 Å². The molecule has 2 unspecified atom stereocenters. The van der Waals surface area contributed by atoms with Crippen molar-refractivity contribution >= 4 is 40.9 Å². The molecular formula is C17H23Cl2NO3S. The van der Waals surface area contributed by atoms with E-state index in [1.54, 1.807) is 12.1 Å². The highest BCUT2D eigenvalue weighted by atomic mass is 35.5. The smallest absolute Gasteiger partial charge is 0.252 e. The average Bonchev–Trinajstić information content (AvgIpc) is 2.52. The zero-order valence-corrected chi connectivity index (χ0v) is 16.6. The van der Waals surface area contributed by atoms with E-state index < -0.39 is 11.0 Å².